The molecule has 1 aliphatic heterocycles. The zero-order chi connectivity index (χ0) is 15.4. The summed E-state index contributed by atoms with van der Waals surface area (Å²) >= 11 is 0. The molecule has 1 fully saturated rings. The van der Waals surface area contributed by atoms with Crippen LogP contribution in [0.3, 0.4) is 0 Å². The highest BCUT2D eigenvalue weighted by Gasteiger charge is 2.47. The molecule has 2 aliphatic rings. The van der Waals surface area contributed by atoms with E-state index in [-0.39, 0.29) is 18.0 Å². The summed E-state index contributed by atoms with van der Waals surface area (Å²) in [6.45, 7) is 8.26. The molecule has 130 valence electrons. The van der Waals surface area contributed by atoms with E-state index in [2.05, 4.69) is 43.0 Å². The van der Waals surface area contributed by atoms with Crippen LogP contribution in [-0.2, 0) is 6.42 Å². The van der Waals surface area contributed by atoms with Crippen molar-refractivity contribution in [1.82, 2.24) is 4.90 Å². The van der Waals surface area contributed by atoms with Crippen LogP contribution in [0.1, 0.15) is 57.9 Å². The van der Waals surface area contributed by atoms with Gasteiger partial charge < -0.3 is 9.64 Å². The Morgan fingerprint density at radius 1 is 1.13 bits per heavy atom. The summed E-state index contributed by atoms with van der Waals surface area (Å²) in [6, 6.07) is 8.67. The number of fused-ring (bicyclic) bond motifs is 1. The smallest absolute Gasteiger partial charge is 0.123 e. The van der Waals surface area contributed by atoms with Gasteiger partial charge in [0.05, 0.1) is 0 Å². The Hall–Kier alpha value is -0.730. The van der Waals surface area contributed by atoms with Gasteiger partial charge in [0.25, 0.3) is 0 Å². The number of hydrogen-bond donors (Lipinski definition) is 0. The summed E-state index contributed by atoms with van der Waals surface area (Å²) in [7, 11) is 0. The van der Waals surface area contributed by atoms with Crippen LogP contribution in [0.5, 0.6) is 5.75 Å². The van der Waals surface area contributed by atoms with Crippen molar-refractivity contribution in [1.29, 1.82) is 0 Å². The molecule has 3 heteroatoms. The summed E-state index contributed by atoms with van der Waals surface area (Å²) in [5.74, 6) is 1.83. The molecule has 0 aromatic heterocycles. The normalized spacial score (nSPS) is 26.0. The Bertz CT molecular complexity index is 459. The third-order valence-corrected chi connectivity index (χ3v) is 5.48. The SMILES string of the molecule is CCCN(CCC)C[C@H]1CCCC[C@]12Cc1ccccc1O2.Cl. The summed E-state index contributed by atoms with van der Waals surface area (Å²) in [4.78, 5) is 2.67. The molecule has 0 radical (unpaired) electrons. The number of ether oxygens (including phenoxy) is 1. The monoisotopic (exact) mass is 337 g/mol. The molecule has 0 unspecified atom stereocenters. The second-order valence-corrected chi connectivity index (χ2v) is 7.19. The van der Waals surface area contributed by atoms with Crippen molar-refractivity contribution in [2.24, 2.45) is 5.92 Å². The molecule has 0 amide bonds. The maximum atomic E-state index is 6.58. The van der Waals surface area contributed by atoms with Crippen LogP contribution in [0.4, 0.5) is 0 Å². The molecule has 1 spiro atoms. The van der Waals surface area contributed by atoms with Crippen LogP contribution in [-0.4, -0.2) is 30.1 Å². The van der Waals surface area contributed by atoms with E-state index in [4.69, 9.17) is 4.74 Å². The van der Waals surface area contributed by atoms with Gasteiger partial charge >= 0.3 is 0 Å². The predicted molar refractivity (Wildman–Crippen MR) is 99.7 cm³/mol. The van der Waals surface area contributed by atoms with Gasteiger partial charge in [-0.05, 0) is 56.8 Å². The largest absolute Gasteiger partial charge is 0.486 e. The van der Waals surface area contributed by atoms with E-state index in [0.29, 0.717) is 5.92 Å². The highest BCUT2D eigenvalue weighted by Crippen LogP contribution is 2.46. The van der Waals surface area contributed by atoms with E-state index >= 15 is 0 Å². The van der Waals surface area contributed by atoms with E-state index in [1.807, 2.05) is 0 Å². The number of nitrogens with zero attached hydrogens (tertiary/aromatic N) is 1. The third-order valence-electron chi connectivity index (χ3n) is 5.48. The second-order valence-electron chi connectivity index (χ2n) is 7.19. The molecule has 1 aromatic rings. The van der Waals surface area contributed by atoms with E-state index in [1.54, 1.807) is 0 Å². The first-order chi connectivity index (χ1) is 10.8. The molecule has 0 saturated heterocycles. The minimum Gasteiger partial charge on any atom is -0.486 e. The Kier molecular flexibility index (Phi) is 6.79. The van der Waals surface area contributed by atoms with Crippen molar-refractivity contribution < 1.29 is 4.74 Å². The lowest BCUT2D eigenvalue weighted by Crippen LogP contribution is -2.50. The van der Waals surface area contributed by atoms with Crippen molar-refractivity contribution in [3.8, 4) is 5.75 Å². The molecule has 0 N–H and O–H groups in total. The lowest BCUT2D eigenvalue weighted by atomic mass is 9.73. The van der Waals surface area contributed by atoms with Gasteiger partial charge in [0.2, 0.25) is 0 Å². The minimum absolute atomic E-state index is 0. The topological polar surface area (TPSA) is 12.5 Å². The lowest BCUT2D eigenvalue weighted by Gasteiger charge is -2.43. The molecule has 3 rings (SSSR count). The lowest BCUT2D eigenvalue weighted by molar-refractivity contribution is -0.0204. The van der Waals surface area contributed by atoms with Gasteiger partial charge in [-0.2, -0.15) is 0 Å². The number of halogens is 1. The predicted octanol–water partition coefficient (Wildman–Crippen LogP) is 5.09. The van der Waals surface area contributed by atoms with Gasteiger partial charge in [0.15, 0.2) is 0 Å². The van der Waals surface area contributed by atoms with E-state index in [9.17, 15) is 0 Å². The van der Waals surface area contributed by atoms with Crippen LogP contribution in [0, 0.1) is 5.92 Å². The molecule has 0 bridgehead atoms. The van der Waals surface area contributed by atoms with Crippen molar-refractivity contribution in [2.75, 3.05) is 19.6 Å². The van der Waals surface area contributed by atoms with Crippen molar-refractivity contribution in [2.45, 2.75) is 64.4 Å². The number of hydrogen-bond acceptors (Lipinski definition) is 2. The van der Waals surface area contributed by atoms with Crippen LogP contribution in [0.15, 0.2) is 24.3 Å². The summed E-state index contributed by atoms with van der Waals surface area (Å²) in [5, 5.41) is 0. The fourth-order valence-corrected chi connectivity index (χ4v) is 4.47. The van der Waals surface area contributed by atoms with Gasteiger partial charge in [-0.25, -0.2) is 0 Å². The Balaban J connectivity index is 0.00000192. The van der Waals surface area contributed by atoms with Crippen LogP contribution in [0.2, 0.25) is 0 Å². The molecule has 1 aliphatic carbocycles. The Morgan fingerprint density at radius 2 is 1.87 bits per heavy atom. The standard InChI is InChI=1S/C20H31NO.ClH/c1-3-13-21(14-4-2)16-18-10-7-8-12-20(18)15-17-9-5-6-11-19(17)22-20;/h5-6,9,11,18H,3-4,7-8,10,12-16H2,1-2H3;1H/t18-,20+;/m1./s1. The fraction of sp³-hybridized carbons (Fsp3) is 0.700. The third kappa shape index (κ3) is 4.03. The zero-order valence-corrected chi connectivity index (χ0v) is 15.5. The highest BCUT2D eigenvalue weighted by atomic mass is 35.5. The molecule has 1 heterocycles. The van der Waals surface area contributed by atoms with Crippen LogP contribution >= 0.6 is 12.4 Å². The van der Waals surface area contributed by atoms with Gasteiger partial charge in [0.1, 0.15) is 11.4 Å². The zero-order valence-electron chi connectivity index (χ0n) is 14.7. The number of rotatable bonds is 6. The second kappa shape index (κ2) is 8.39. The average Bonchev–Trinajstić information content (AvgIpc) is 2.89. The fourth-order valence-electron chi connectivity index (χ4n) is 4.47. The van der Waals surface area contributed by atoms with Crippen LogP contribution < -0.4 is 4.74 Å². The summed E-state index contributed by atoms with van der Waals surface area (Å²) in [6.07, 6.45) is 8.89. The first-order valence-electron chi connectivity index (χ1n) is 9.26. The van der Waals surface area contributed by atoms with E-state index < -0.39 is 0 Å². The first-order valence-corrected chi connectivity index (χ1v) is 9.26. The Morgan fingerprint density at radius 3 is 2.57 bits per heavy atom. The molecule has 1 saturated carbocycles. The minimum atomic E-state index is 0. The average molecular weight is 338 g/mol. The van der Waals surface area contributed by atoms with Crippen molar-refractivity contribution in [3.63, 3.8) is 0 Å². The van der Waals surface area contributed by atoms with Crippen molar-refractivity contribution >= 4 is 12.4 Å². The molecule has 1 aromatic carbocycles. The van der Waals surface area contributed by atoms with Gasteiger partial charge in [-0.15, -0.1) is 12.4 Å². The summed E-state index contributed by atoms with van der Waals surface area (Å²) < 4.78 is 6.58. The van der Waals surface area contributed by atoms with E-state index in [0.717, 1.165) is 12.2 Å². The van der Waals surface area contributed by atoms with Crippen LogP contribution in [0.25, 0.3) is 0 Å². The molecule has 2 nitrogen and oxygen atoms in total. The molecule has 2 atom stereocenters. The van der Waals surface area contributed by atoms with Crippen molar-refractivity contribution in [3.05, 3.63) is 29.8 Å². The maximum absolute atomic E-state index is 6.58. The summed E-state index contributed by atoms with van der Waals surface area (Å²) in [5.41, 5.74) is 1.51. The van der Waals surface area contributed by atoms with Gasteiger partial charge in [0, 0.05) is 18.9 Å². The van der Waals surface area contributed by atoms with Gasteiger partial charge in [-0.1, -0.05) is 38.5 Å². The van der Waals surface area contributed by atoms with Gasteiger partial charge in [-0.3, -0.25) is 0 Å². The maximum Gasteiger partial charge on any atom is 0.123 e. The molecular formula is C20H32ClNO. The first kappa shape index (κ1) is 18.6. The Labute approximate surface area is 148 Å². The molecular weight excluding hydrogens is 306 g/mol. The number of para-hydroxylation sites is 1. The quantitative estimate of drug-likeness (QED) is 0.716. The molecule has 23 heavy (non-hydrogen) atoms. The van der Waals surface area contributed by atoms with E-state index in [1.165, 1.54) is 63.7 Å². The number of benzene rings is 1. The highest BCUT2D eigenvalue weighted by molar-refractivity contribution is 5.85.